The standard InChI is InChI=1S/C18H25FN4O2/c19-13-3-6-23(10-13)15-4-7-22(8-5-15)16-1-2-17(20-9-16)18(24)21-14-11-25-12-14/h1-2,9,13-15H,3-8,10-12H2,(H,21,24). The number of hydrogen-bond acceptors (Lipinski definition) is 5. The van der Waals surface area contributed by atoms with Crippen LogP contribution >= 0.6 is 0 Å². The van der Waals surface area contributed by atoms with Crippen LogP contribution < -0.4 is 10.2 Å². The normalized spacial score (nSPS) is 25.8. The summed E-state index contributed by atoms with van der Waals surface area (Å²) < 4.78 is 18.4. The van der Waals surface area contributed by atoms with E-state index < -0.39 is 6.17 Å². The van der Waals surface area contributed by atoms with Crippen molar-refractivity contribution >= 4 is 11.6 Å². The summed E-state index contributed by atoms with van der Waals surface area (Å²) in [5, 5.41) is 2.90. The number of aromatic nitrogens is 1. The van der Waals surface area contributed by atoms with E-state index in [-0.39, 0.29) is 11.9 Å². The van der Waals surface area contributed by atoms with Gasteiger partial charge in [-0.2, -0.15) is 0 Å². The highest BCUT2D eigenvalue weighted by atomic mass is 19.1. The van der Waals surface area contributed by atoms with Gasteiger partial charge in [0, 0.05) is 32.2 Å². The Morgan fingerprint density at radius 1 is 1.20 bits per heavy atom. The third kappa shape index (κ3) is 3.77. The first kappa shape index (κ1) is 16.7. The van der Waals surface area contributed by atoms with Crippen LogP contribution in [0.2, 0.25) is 0 Å². The molecule has 1 atom stereocenters. The molecule has 7 heteroatoms. The van der Waals surface area contributed by atoms with E-state index in [1.54, 1.807) is 12.3 Å². The van der Waals surface area contributed by atoms with Gasteiger partial charge in [-0.15, -0.1) is 0 Å². The summed E-state index contributed by atoms with van der Waals surface area (Å²) in [6.45, 7) is 4.55. The lowest BCUT2D eigenvalue weighted by Crippen LogP contribution is -2.48. The highest BCUT2D eigenvalue weighted by Crippen LogP contribution is 2.25. The summed E-state index contributed by atoms with van der Waals surface area (Å²) in [4.78, 5) is 21.0. The molecule has 1 aromatic rings. The molecule has 1 amide bonds. The van der Waals surface area contributed by atoms with E-state index in [9.17, 15) is 9.18 Å². The van der Waals surface area contributed by atoms with Gasteiger partial charge in [-0.05, 0) is 31.4 Å². The number of carbonyl (C=O) groups is 1. The van der Waals surface area contributed by atoms with Crippen molar-refractivity contribution in [3.05, 3.63) is 24.0 Å². The van der Waals surface area contributed by atoms with E-state index >= 15 is 0 Å². The fraction of sp³-hybridized carbons (Fsp3) is 0.667. The summed E-state index contributed by atoms with van der Waals surface area (Å²) in [6.07, 6.45) is 3.92. The van der Waals surface area contributed by atoms with E-state index in [1.165, 1.54) is 0 Å². The lowest BCUT2D eigenvalue weighted by Gasteiger charge is -2.37. The van der Waals surface area contributed by atoms with E-state index in [1.807, 2.05) is 6.07 Å². The van der Waals surface area contributed by atoms with Gasteiger partial charge in [-0.25, -0.2) is 9.37 Å². The summed E-state index contributed by atoms with van der Waals surface area (Å²) in [6, 6.07) is 4.36. The lowest BCUT2D eigenvalue weighted by atomic mass is 10.0. The van der Waals surface area contributed by atoms with E-state index in [4.69, 9.17) is 4.74 Å². The van der Waals surface area contributed by atoms with Gasteiger partial charge >= 0.3 is 0 Å². The number of pyridine rings is 1. The molecule has 1 N–H and O–H groups in total. The molecule has 3 aliphatic heterocycles. The summed E-state index contributed by atoms with van der Waals surface area (Å²) in [5.41, 5.74) is 1.49. The highest BCUT2D eigenvalue weighted by molar-refractivity contribution is 5.92. The van der Waals surface area contributed by atoms with Crippen LogP contribution in [0, 0.1) is 0 Å². The molecule has 0 aromatic carbocycles. The third-order valence-electron chi connectivity index (χ3n) is 5.46. The molecule has 0 saturated carbocycles. The number of rotatable bonds is 4. The van der Waals surface area contributed by atoms with Gasteiger partial charge in [0.15, 0.2) is 0 Å². The fourth-order valence-electron chi connectivity index (χ4n) is 3.85. The third-order valence-corrected chi connectivity index (χ3v) is 5.46. The Morgan fingerprint density at radius 2 is 2.00 bits per heavy atom. The number of anilines is 1. The number of ether oxygens (including phenoxy) is 1. The van der Waals surface area contributed by atoms with E-state index in [2.05, 4.69) is 20.1 Å². The number of nitrogens with one attached hydrogen (secondary N) is 1. The van der Waals surface area contributed by atoms with Crippen LogP contribution in [-0.4, -0.2) is 73.4 Å². The largest absolute Gasteiger partial charge is 0.377 e. The van der Waals surface area contributed by atoms with Crippen molar-refractivity contribution in [2.45, 2.75) is 37.5 Å². The second-order valence-corrected chi connectivity index (χ2v) is 7.21. The van der Waals surface area contributed by atoms with Crippen molar-refractivity contribution in [1.29, 1.82) is 0 Å². The topological polar surface area (TPSA) is 57.7 Å². The molecular formula is C18H25FN4O2. The Morgan fingerprint density at radius 3 is 2.56 bits per heavy atom. The maximum atomic E-state index is 13.4. The number of amides is 1. The van der Waals surface area contributed by atoms with E-state index in [0.717, 1.165) is 38.2 Å². The van der Waals surface area contributed by atoms with Crippen molar-refractivity contribution in [3.63, 3.8) is 0 Å². The van der Waals surface area contributed by atoms with Crippen molar-refractivity contribution in [3.8, 4) is 0 Å². The van der Waals surface area contributed by atoms with E-state index in [0.29, 0.717) is 37.9 Å². The maximum Gasteiger partial charge on any atom is 0.270 e. The molecule has 136 valence electrons. The Labute approximate surface area is 147 Å². The minimum Gasteiger partial charge on any atom is -0.377 e. The molecule has 1 unspecified atom stereocenters. The molecular weight excluding hydrogens is 323 g/mol. The van der Waals surface area contributed by atoms with Gasteiger partial charge in [0.05, 0.1) is 31.1 Å². The second-order valence-electron chi connectivity index (χ2n) is 7.21. The summed E-state index contributed by atoms with van der Waals surface area (Å²) >= 11 is 0. The van der Waals surface area contributed by atoms with Crippen molar-refractivity contribution in [2.75, 3.05) is 44.3 Å². The van der Waals surface area contributed by atoms with Crippen LogP contribution in [0.3, 0.4) is 0 Å². The van der Waals surface area contributed by atoms with Gasteiger partial charge in [0.1, 0.15) is 11.9 Å². The SMILES string of the molecule is O=C(NC1COC1)c1ccc(N2CCC(N3CCC(F)C3)CC2)cn1. The summed E-state index contributed by atoms with van der Waals surface area (Å²) in [5.74, 6) is -0.145. The molecule has 0 bridgehead atoms. The average Bonchev–Trinajstić information content (AvgIpc) is 3.05. The van der Waals surface area contributed by atoms with Crippen LogP contribution in [0.5, 0.6) is 0 Å². The van der Waals surface area contributed by atoms with Gasteiger partial charge in [-0.1, -0.05) is 0 Å². The lowest BCUT2D eigenvalue weighted by molar-refractivity contribution is -0.00354. The van der Waals surface area contributed by atoms with Gasteiger partial charge < -0.3 is 15.0 Å². The van der Waals surface area contributed by atoms with Crippen LogP contribution in [0.4, 0.5) is 10.1 Å². The van der Waals surface area contributed by atoms with Gasteiger partial charge in [0.25, 0.3) is 5.91 Å². The molecule has 4 rings (SSSR count). The Balaban J connectivity index is 1.30. The predicted molar refractivity (Wildman–Crippen MR) is 92.6 cm³/mol. The molecule has 3 saturated heterocycles. The zero-order valence-corrected chi connectivity index (χ0v) is 14.4. The first-order valence-corrected chi connectivity index (χ1v) is 9.17. The first-order chi connectivity index (χ1) is 12.2. The average molecular weight is 348 g/mol. The molecule has 25 heavy (non-hydrogen) atoms. The van der Waals surface area contributed by atoms with Crippen LogP contribution in [0.1, 0.15) is 29.8 Å². The monoisotopic (exact) mass is 348 g/mol. The van der Waals surface area contributed by atoms with Crippen molar-refractivity contribution in [2.24, 2.45) is 0 Å². The zero-order valence-electron chi connectivity index (χ0n) is 14.4. The smallest absolute Gasteiger partial charge is 0.270 e. The molecule has 3 fully saturated rings. The number of nitrogens with zero attached hydrogens (tertiary/aromatic N) is 3. The molecule has 4 heterocycles. The Hall–Kier alpha value is -1.73. The molecule has 0 aliphatic carbocycles. The highest BCUT2D eigenvalue weighted by Gasteiger charge is 2.30. The first-order valence-electron chi connectivity index (χ1n) is 9.17. The number of halogens is 1. The Kier molecular flexibility index (Phi) is 4.85. The van der Waals surface area contributed by atoms with Crippen LogP contribution in [0.15, 0.2) is 18.3 Å². The van der Waals surface area contributed by atoms with Crippen molar-refractivity contribution < 1.29 is 13.9 Å². The summed E-state index contributed by atoms with van der Waals surface area (Å²) in [7, 11) is 0. The zero-order chi connectivity index (χ0) is 17.2. The van der Waals surface area contributed by atoms with Gasteiger partial charge in [-0.3, -0.25) is 9.69 Å². The quantitative estimate of drug-likeness (QED) is 0.887. The van der Waals surface area contributed by atoms with Crippen LogP contribution in [-0.2, 0) is 4.74 Å². The number of carbonyl (C=O) groups excluding carboxylic acids is 1. The molecule has 0 radical (unpaired) electrons. The maximum absolute atomic E-state index is 13.4. The van der Waals surface area contributed by atoms with Crippen molar-refractivity contribution in [1.82, 2.24) is 15.2 Å². The number of hydrogen-bond donors (Lipinski definition) is 1. The number of likely N-dealkylation sites (tertiary alicyclic amines) is 1. The molecule has 3 aliphatic rings. The predicted octanol–water partition coefficient (Wildman–Crippen LogP) is 1.22. The van der Waals surface area contributed by atoms with Crippen LogP contribution in [0.25, 0.3) is 0 Å². The molecule has 0 spiro atoms. The minimum atomic E-state index is -0.646. The second kappa shape index (κ2) is 7.25. The number of alkyl halides is 1. The Bertz CT molecular complexity index is 600. The van der Waals surface area contributed by atoms with Gasteiger partial charge in [0.2, 0.25) is 0 Å². The number of piperidine rings is 1. The fourth-order valence-corrected chi connectivity index (χ4v) is 3.85. The minimum absolute atomic E-state index is 0.113. The molecule has 6 nitrogen and oxygen atoms in total. The molecule has 1 aromatic heterocycles.